The molecule has 0 aliphatic carbocycles. The summed E-state index contributed by atoms with van der Waals surface area (Å²) in [6.07, 6.45) is 1.88. The zero-order valence-electron chi connectivity index (χ0n) is 17.3. The number of unbranched alkanes of at least 4 members (excludes halogenated alkanes) is 1. The summed E-state index contributed by atoms with van der Waals surface area (Å²) in [6, 6.07) is 12.4. The molecule has 1 unspecified atom stereocenters. The predicted octanol–water partition coefficient (Wildman–Crippen LogP) is 3.52. The van der Waals surface area contributed by atoms with Crippen LogP contribution in [0.2, 0.25) is 0 Å². The molecule has 8 nitrogen and oxygen atoms in total. The summed E-state index contributed by atoms with van der Waals surface area (Å²) < 4.78 is 13.0. The Labute approximate surface area is 179 Å². The van der Waals surface area contributed by atoms with E-state index in [9.17, 15) is 9.59 Å². The van der Waals surface area contributed by atoms with Gasteiger partial charge in [-0.3, -0.25) is 19.1 Å². The van der Waals surface area contributed by atoms with Gasteiger partial charge in [0.1, 0.15) is 19.3 Å². The molecular formula is C23H24N4O4. The fourth-order valence-corrected chi connectivity index (χ4v) is 4.13. The van der Waals surface area contributed by atoms with E-state index < -0.39 is 6.04 Å². The van der Waals surface area contributed by atoms with E-state index in [4.69, 9.17) is 9.47 Å². The van der Waals surface area contributed by atoms with Gasteiger partial charge in [0, 0.05) is 18.3 Å². The van der Waals surface area contributed by atoms with Crippen LogP contribution < -0.4 is 19.7 Å². The lowest BCUT2D eigenvalue weighted by molar-refractivity contribution is -0.124. The maximum Gasteiger partial charge on any atom is 0.253 e. The summed E-state index contributed by atoms with van der Waals surface area (Å²) in [6.45, 7) is 3.67. The summed E-state index contributed by atoms with van der Waals surface area (Å²) in [4.78, 5) is 32.5. The average molecular weight is 420 g/mol. The highest BCUT2D eigenvalue weighted by atomic mass is 16.6. The van der Waals surface area contributed by atoms with Crippen LogP contribution in [0.1, 0.15) is 32.2 Å². The standard InChI is InChI=1S/C23H24N4O4/c1-2-3-10-26-22(29)18(27-17-7-5-4-6-16(17)25-23(26)27)14-21(28)24-15-8-9-19-20(13-15)31-12-11-30-19/h4-9,13,18H,2-3,10-12,14H2,1H3,(H,24,28). The van der Waals surface area contributed by atoms with Crippen molar-refractivity contribution < 1.29 is 19.1 Å². The Morgan fingerprint density at radius 2 is 1.97 bits per heavy atom. The molecule has 8 heteroatoms. The van der Waals surface area contributed by atoms with Crippen LogP contribution in [0.25, 0.3) is 11.0 Å². The van der Waals surface area contributed by atoms with Gasteiger partial charge in [0.15, 0.2) is 11.5 Å². The number of para-hydroxylation sites is 2. The van der Waals surface area contributed by atoms with Gasteiger partial charge in [-0.25, -0.2) is 4.98 Å². The van der Waals surface area contributed by atoms with Gasteiger partial charge >= 0.3 is 0 Å². The third-order valence-electron chi connectivity index (χ3n) is 5.62. The minimum Gasteiger partial charge on any atom is -0.486 e. The summed E-state index contributed by atoms with van der Waals surface area (Å²) >= 11 is 0. The second-order valence-corrected chi connectivity index (χ2v) is 7.74. The zero-order chi connectivity index (χ0) is 21.4. The van der Waals surface area contributed by atoms with Gasteiger partial charge in [-0.05, 0) is 30.7 Å². The molecule has 3 heterocycles. The highest BCUT2D eigenvalue weighted by Gasteiger charge is 2.40. The first kappa shape index (κ1) is 19.4. The third-order valence-corrected chi connectivity index (χ3v) is 5.62. The Kier molecular flexibility index (Phi) is 4.97. The first-order valence-corrected chi connectivity index (χ1v) is 10.6. The second-order valence-electron chi connectivity index (χ2n) is 7.74. The lowest BCUT2D eigenvalue weighted by atomic mass is 10.1. The van der Waals surface area contributed by atoms with Crippen LogP contribution in [0.3, 0.4) is 0 Å². The molecule has 160 valence electrons. The Morgan fingerprint density at radius 3 is 2.81 bits per heavy atom. The van der Waals surface area contributed by atoms with Gasteiger partial charge in [0.25, 0.3) is 5.91 Å². The molecule has 0 radical (unpaired) electrons. The van der Waals surface area contributed by atoms with Gasteiger partial charge in [-0.1, -0.05) is 25.5 Å². The maximum absolute atomic E-state index is 13.2. The molecule has 2 aliphatic rings. The van der Waals surface area contributed by atoms with Gasteiger partial charge < -0.3 is 14.8 Å². The molecule has 1 atom stereocenters. The second kappa shape index (κ2) is 7.94. The fraction of sp³-hybridized carbons (Fsp3) is 0.348. The molecule has 2 aromatic carbocycles. The lowest BCUT2D eigenvalue weighted by Crippen LogP contribution is -2.32. The summed E-state index contributed by atoms with van der Waals surface area (Å²) in [7, 11) is 0. The van der Waals surface area contributed by atoms with Gasteiger partial charge in [0.05, 0.1) is 17.5 Å². The van der Waals surface area contributed by atoms with Crippen LogP contribution >= 0.6 is 0 Å². The number of anilines is 2. The molecule has 5 rings (SSSR count). The highest BCUT2D eigenvalue weighted by molar-refractivity contribution is 6.05. The molecule has 31 heavy (non-hydrogen) atoms. The highest BCUT2D eigenvalue weighted by Crippen LogP contribution is 2.37. The number of rotatable bonds is 6. The largest absolute Gasteiger partial charge is 0.486 e. The van der Waals surface area contributed by atoms with Crippen molar-refractivity contribution in [3.8, 4) is 11.5 Å². The van der Waals surface area contributed by atoms with Crippen LogP contribution in [0.5, 0.6) is 11.5 Å². The molecule has 1 N–H and O–H groups in total. The van der Waals surface area contributed by atoms with Gasteiger partial charge in [-0.15, -0.1) is 0 Å². The van der Waals surface area contributed by atoms with Crippen LogP contribution in [-0.2, 0) is 9.59 Å². The van der Waals surface area contributed by atoms with Gasteiger partial charge in [0.2, 0.25) is 11.9 Å². The van der Waals surface area contributed by atoms with E-state index >= 15 is 0 Å². The van der Waals surface area contributed by atoms with E-state index in [1.165, 1.54) is 0 Å². The number of benzene rings is 2. The number of amides is 2. The van der Waals surface area contributed by atoms with Crippen LogP contribution in [-0.4, -0.2) is 41.1 Å². The molecule has 0 spiro atoms. The van der Waals surface area contributed by atoms with E-state index in [0.29, 0.717) is 42.9 Å². The Hall–Kier alpha value is -3.55. The summed E-state index contributed by atoms with van der Waals surface area (Å²) in [5.41, 5.74) is 2.30. The molecule has 0 bridgehead atoms. The smallest absolute Gasteiger partial charge is 0.253 e. The van der Waals surface area contributed by atoms with E-state index in [-0.39, 0.29) is 18.2 Å². The predicted molar refractivity (Wildman–Crippen MR) is 117 cm³/mol. The molecule has 0 saturated carbocycles. The molecule has 3 aromatic rings. The number of hydrogen-bond donors (Lipinski definition) is 1. The van der Waals surface area contributed by atoms with Crippen molar-refractivity contribution in [2.24, 2.45) is 0 Å². The number of hydrogen-bond acceptors (Lipinski definition) is 5. The molecule has 1 aromatic heterocycles. The van der Waals surface area contributed by atoms with E-state index in [2.05, 4.69) is 17.2 Å². The van der Waals surface area contributed by atoms with Crippen molar-refractivity contribution in [2.75, 3.05) is 30.0 Å². The number of ether oxygens (including phenoxy) is 2. The summed E-state index contributed by atoms with van der Waals surface area (Å²) in [5.74, 6) is 1.57. The number of aromatic nitrogens is 2. The normalized spacial score (nSPS) is 17.1. The molecular weight excluding hydrogens is 396 g/mol. The number of carbonyl (C=O) groups excluding carboxylic acids is 2. The molecule has 0 fully saturated rings. The number of carbonyl (C=O) groups is 2. The van der Waals surface area contributed by atoms with Crippen molar-refractivity contribution in [2.45, 2.75) is 32.2 Å². The topological polar surface area (TPSA) is 85.7 Å². The van der Waals surface area contributed by atoms with Crippen molar-refractivity contribution in [1.82, 2.24) is 9.55 Å². The first-order chi connectivity index (χ1) is 15.2. The Balaban J connectivity index is 1.39. The van der Waals surface area contributed by atoms with Crippen molar-refractivity contribution in [3.63, 3.8) is 0 Å². The maximum atomic E-state index is 13.2. The monoisotopic (exact) mass is 420 g/mol. The van der Waals surface area contributed by atoms with Crippen molar-refractivity contribution >= 4 is 34.5 Å². The molecule has 2 aliphatic heterocycles. The Bertz CT molecular complexity index is 1160. The van der Waals surface area contributed by atoms with Crippen LogP contribution in [0, 0.1) is 0 Å². The molecule has 0 saturated heterocycles. The first-order valence-electron chi connectivity index (χ1n) is 10.6. The van der Waals surface area contributed by atoms with Crippen molar-refractivity contribution in [1.29, 1.82) is 0 Å². The minimum absolute atomic E-state index is 0.0310. The number of nitrogens with zero attached hydrogens (tertiary/aromatic N) is 3. The van der Waals surface area contributed by atoms with E-state index in [1.807, 2.05) is 28.8 Å². The third kappa shape index (κ3) is 3.48. The molecule has 2 amide bonds. The number of nitrogens with one attached hydrogen (secondary N) is 1. The Morgan fingerprint density at radius 1 is 1.16 bits per heavy atom. The fourth-order valence-electron chi connectivity index (χ4n) is 4.13. The zero-order valence-corrected chi connectivity index (χ0v) is 17.3. The summed E-state index contributed by atoms with van der Waals surface area (Å²) in [5, 5.41) is 2.89. The van der Waals surface area contributed by atoms with E-state index in [0.717, 1.165) is 23.9 Å². The van der Waals surface area contributed by atoms with Crippen LogP contribution in [0.4, 0.5) is 11.6 Å². The lowest BCUT2D eigenvalue weighted by Gasteiger charge is -2.19. The van der Waals surface area contributed by atoms with Crippen molar-refractivity contribution in [3.05, 3.63) is 42.5 Å². The SMILES string of the molecule is CCCCN1C(=O)C(CC(=O)Nc2ccc3c(c2)OCCO3)n2c1nc1ccccc12. The van der Waals surface area contributed by atoms with Gasteiger partial charge in [-0.2, -0.15) is 0 Å². The average Bonchev–Trinajstić information content (AvgIpc) is 3.27. The van der Waals surface area contributed by atoms with Crippen LogP contribution in [0.15, 0.2) is 42.5 Å². The van der Waals surface area contributed by atoms with E-state index in [1.54, 1.807) is 23.1 Å². The number of fused-ring (bicyclic) bond motifs is 4. The number of imidazole rings is 1. The quantitative estimate of drug-likeness (QED) is 0.659. The minimum atomic E-state index is -0.614.